The van der Waals surface area contributed by atoms with Gasteiger partial charge in [-0.15, -0.1) is 0 Å². The molecule has 8 heavy (non-hydrogen) atoms. The quantitative estimate of drug-likeness (QED) is 0.544. The largest absolute Gasteiger partial charge is 0.378 e. The van der Waals surface area contributed by atoms with Gasteiger partial charge in [0.2, 0.25) is 0 Å². The molecule has 0 amide bonds. The van der Waals surface area contributed by atoms with Crippen LogP contribution in [0.4, 0.5) is 0 Å². The Morgan fingerprint density at radius 1 is 1.50 bits per heavy atom. The van der Waals surface area contributed by atoms with E-state index in [1.807, 2.05) is 0 Å². The lowest BCUT2D eigenvalue weighted by molar-refractivity contribution is 0.0814. The summed E-state index contributed by atoms with van der Waals surface area (Å²) in [6, 6.07) is 0. The lowest BCUT2D eigenvalue weighted by Gasteiger charge is -2.07. The van der Waals surface area contributed by atoms with Crippen LogP contribution >= 0.6 is 0 Å². The van der Waals surface area contributed by atoms with Gasteiger partial charge in [0, 0.05) is 6.61 Å². The summed E-state index contributed by atoms with van der Waals surface area (Å²) >= 11 is 0. The lowest BCUT2D eigenvalue weighted by atomic mass is 10.3. The van der Waals surface area contributed by atoms with Gasteiger partial charge in [-0.2, -0.15) is 0 Å². The molecule has 0 aromatic rings. The number of rotatable bonds is 4. The summed E-state index contributed by atoms with van der Waals surface area (Å²) < 4.78 is 5.23. The van der Waals surface area contributed by atoms with E-state index in [1.54, 1.807) is 0 Å². The van der Waals surface area contributed by atoms with Gasteiger partial charge in [0.25, 0.3) is 0 Å². The minimum atomic E-state index is 0.204. The topological polar surface area (TPSA) is 9.23 Å². The maximum atomic E-state index is 5.23. The Kier molecular flexibility index (Phi) is 5.08. The first-order valence-electron chi connectivity index (χ1n) is 3.26. The fourth-order valence-corrected chi connectivity index (χ4v) is 0.402. The molecule has 0 aliphatic carbocycles. The average molecular weight is 115 g/mol. The molecule has 0 bridgehead atoms. The van der Waals surface area contributed by atoms with Crippen molar-refractivity contribution in [1.29, 1.82) is 0 Å². The van der Waals surface area contributed by atoms with Gasteiger partial charge in [-0.05, 0) is 19.8 Å². The van der Waals surface area contributed by atoms with Crippen molar-refractivity contribution in [2.24, 2.45) is 0 Å². The predicted octanol–water partition coefficient (Wildman–Crippen LogP) is 2.03. The minimum Gasteiger partial charge on any atom is -0.378 e. The highest BCUT2D eigenvalue weighted by molar-refractivity contribution is 4.54. The Bertz CT molecular complexity index is 43.7. The Morgan fingerprint density at radius 3 is 2.50 bits per heavy atom. The molecule has 1 nitrogen and oxygen atoms in total. The Morgan fingerprint density at radius 2 is 2.12 bits per heavy atom. The van der Waals surface area contributed by atoms with E-state index in [4.69, 9.17) is 4.74 Å². The molecule has 0 saturated heterocycles. The van der Waals surface area contributed by atoms with Crippen LogP contribution in [-0.2, 0) is 4.74 Å². The first-order chi connectivity index (χ1) is 3.81. The molecule has 1 radical (unpaired) electrons. The maximum Gasteiger partial charge on any atom is 0.0573 e. The van der Waals surface area contributed by atoms with Crippen molar-refractivity contribution in [1.82, 2.24) is 0 Å². The third-order valence-electron chi connectivity index (χ3n) is 1.01. The van der Waals surface area contributed by atoms with E-state index in [0.717, 1.165) is 19.4 Å². The van der Waals surface area contributed by atoms with Crippen molar-refractivity contribution in [2.75, 3.05) is 6.61 Å². The highest BCUT2D eigenvalue weighted by Crippen LogP contribution is 1.94. The molecule has 0 fully saturated rings. The van der Waals surface area contributed by atoms with E-state index in [0.29, 0.717) is 0 Å². The first kappa shape index (κ1) is 7.96. The van der Waals surface area contributed by atoms with E-state index in [9.17, 15) is 0 Å². The van der Waals surface area contributed by atoms with Crippen LogP contribution in [0, 0.1) is 6.92 Å². The van der Waals surface area contributed by atoms with Gasteiger partial charge in [0.15, 0.2) is 0 Å². The molecule has 0 N–H and O–H groups in total. The van der Waals surface area contributed by atoms with Crippen molar-refractivity contribution < 1.29 is 4.74 Å². The van der Waals surface area contributed by atoms with Gasteiger partial charge in [-0.25, -0.2) is 0 Å². The second-order valence-electron chi connectivity index (χ2n) is 1.90. The lowest BCUT2D eigenvalue weighted by Crippen LogP contribution is -2.06. The molecule has 49 valence electrons. The van der Waals surface area contributed by atoms with Crippen LogP contribution in [0.25, 0.3) is 0 Å². The Balaban J connectivity index is 2.86. The molecule has 0 saturated carbocycles. The molecule has 0 spiro atoms. The minimum absolute atomic E-state index is 0.204. The molecular formula is C7H15O. The van der Waals surface area contributed by atoms with Gasteiger partial charge >= 0.3 is 0 Å². The standard InChI is InChI=1S/C7H15O/c1-4-6-8-7(3)5-2/h7H,3-6H2,1-2H3/t7-/m1/s1. The third-order valence-corrected chi connectivity index (χ3v) is 1.01. The maximum absolute atomic E-state index is 5.23. The fourth-order valence-electron chi connectivity index (χ4n) is 0.402. The Hall–Kier alpha value is -0.0400. The van der Waals surface area contributed by atoms with Crippen LogP contribution in [0.15, 0.2) is 0 Å². The summed E-state index contributed by atoms with van der Waals surface area (Å²) in [6.07, 6.45) is 2.31. The van der Waals surface area contributed by atoms with Crippen LogP contribution in [0.5, 0.6) is 0 Å². The van der Waals surface area contributed by atoms with E-state index < -0.39 is 0 Å². The van der Waals surface area contributed by atoms with Crippen LogP contribution < -0.4 is 0 Å². The Labute approximate surface area is 52.0 Å². The second-order valence-corrected chi connectivity index (χ2v) is 1.90. The summed E-state index contributed by atoms with van der Waals surface area (Å²) in [5, 5.41) is 0. The molecule has 0 aromatic carbocycles. The molecule has 1 heteroatoms. The predicted molar refractivity (Wildman–Crippen MR) is 35.7 cm³/mol. The summed E-state index contributed by atoms with van der Waals surface area (Å²) in [5.41, 5.74) is 0. The summed E-state index contributed by atoms with van der Waals surface area (Å²) in [6.45, 7) is 8.80. The van der Waals surface area contributed by atoms with Gasteiger partial charge in [-0.3, -0.25) is 0 Å². The van der Waals surface area contributed by atoms with Crippen LogP contribution in [0.2, 0.25) is 0 Å². The van der Waals surface area contributed by atoms with Gasteiger partial charge in [-0.1, -0.05) is 13.8 Å². The number of hydrogen-bond donors (Lipinski definition) is 0. The fraction of sp³-hybridized carbons (Fsp3) is 0.857. The zero-order valence-electron chi connectivity index (χ0n) is 5.81. The molecule has 0 unspecified atom stereocenters. The van der Waals surface area contributed by atoms with E-state index >= 15 is 0 Å². The van der Waals surface area contributed by atoms with E-state index in [1.165, 1.54) is 0 Å². The SMILES string of the molecule is [CH2][C@H](CC)OCCC. The van der Waals surface area contributed by atoms with Crippen LogP contribution in [0.1, 0.15) is 26.7 Å². The summed E-state index contributed by atoms with van der Waals surface area (Å²) in [5.74, 6) is 0. The zero-order valence-corrected chi connectivity index (χ0v) is 5.81. The van der Waals surface area contributed by atoms with Gasteiger partial charge < -0.3 is 4.74 Å². The number of hydrogen-bond acceptors (Lipinski definition) is 1. The molecular weight excluding hydrogens is 100 g/mol. The summed E-state index contributed by atoms with van der Waals surface area (Å²) in [7, 11) is 0. The van der Waals surface area contributed by atoms with E-state index in [2.05, 4.69) is 20.8 Å². The van der Waals surface area contributed by atoms with Crippen LogP contribution in [0.3, 0.4) is 0 Å². The first-order valence-corrected chi connectivity index (χ1v) is 3.26. The highest BCUT2D eigenvalue weighted by atomic mass is 16.5. The molecule has 0 aromatic heterocycles. The van der Waals surface area contributed by atoms with Crippen molar-refractivity contribution in [2.45, 2.75) is 32.8 Å². The van der Waals surface area contributed by atoms with Crippen molar-refractivity contribution in [3.05, 3.63) is 6.92 Å². The third kappa shape index (κ3) is 4.13. The van der Waals surface area contributed by atoms with Crippen molar-refractivity contribution >= 4 is 0 Å². The normalized spacial score (nSPS) is 13.9. The van der Waals surface area contributed by atoms with Crippen molar-refractivity contribution in [3.63, 3.8) is 0 Å². The monoisotopic (exact) mass is 115 g/mol. The van der Waals surface area contributed by atoms with Crippen LogP contribution in [-0.4, -0.2) is 12.7 Å². The van der Waals surface area contributed by atoms with E-state index in [-0.39, 0.29) is 6.10 Å². The second kappa shape index (κ2) is 5.10. The van der Waals surface area contributed by atoms with Gasteiger partial charge in [0.05, 0.1) is 6.10 Å². The average Bonchev–Trinajstić information content (AvgIpc) is 1.83. The summed E-state index contributed by atoms with van der Waals surface area (Å²) in [4.78, 5) is 0. The number of ether oxygens (including phenoxy) is 1. The highest BCUT2D eigenvalue weighted by Gasteiger charge is 1.93. The molecule has 1 atom stereocenters. The molecule has 0 aliphatic heterocycles. The molecule has 0 heterocycles. The molecule has 0 aliphatic rings. The van der Waals surface area contributed by atoms with Crippen molar-refractivity contribution in [3.8, 4) is 0 Å². The van der Waals surface area contributed by atoms with Gasteiger partial charge in [0.1, 0.15) is 0 Å². The zero-order chi connectivity index (χ0) is 6.41. The smallest absolute Gasteiger partial charge is 0.0573 e. The molecule has 0 rings (SSSR count).